The van der Waals surface area contributed by atoms with E-state index in [1.807, 2.05) is 17.2 Å². The molecule has 1 aromatic rings. The molecule has 2 amide bonds. The lowest BCUT2D eigenvalue weighted by atomic mass is 10.0. The quantitative estimate of drug-likeness (QED) is 0.258. The number of allylic oxidation sites excluding steroid dienone is 1. The molecule has 0 aromatic carbocycles. The average molecular weight is 517 g/mol. The maximum absolute atomic E-state index is 13.0. The van der Waals surface area contributed by atoms with Crippen LogP contribution in [-0.4, -0.2) is 85.4 Å². The SMILES string of the molecule is CON=C(C(=O)N[C@@H]1C(=O)N2C(C(=O)O)=C(CN3C=CN4N=CCC=C34)CS[C@@H]12)c1csc(N)n1. The molecule has 4 aliphatic heterocycles. The van der Waals surface area contributed by atoms with E-state index in [0.717, 1.165) is 17.2 Å². The third-order valence-corrected chi connectivity index (χ3v) is 7.60. The summed E-state index contributed by atoms with van der Waals surface area (Å²) in [5.74, 6) is -1.16. The van der Waals surface area contributed by atoms with Crippen LogP contribution < -0.4 is 11.1 Å². The van der Waals surface area contributed by atoms with Crippen LogP contribution >= 0.6 is 23.1 Å². The number of nitrogen functional groups attached to an aromatic ring is 1. The lowest BCUT2D eigenvalue weighted by molar-refractivity contribution is -0.150. The van der Waals surface area contributed by atoms with Gasteiger partial charge in [-0.3, -0.25) is 14.5 Å². The molecule has 182 valence electrons. The Bertz CT molecular complexity index is 1250. The van der Waals surface area contributed by atoms with Crippen molar-refractivity contribution in [3.63, 3.8) is 0 Å². The number of aromatic nitrogens is 1. The first-order valence-corrected chi connectivity index (χ1v) is 12.3. The van der Waals surface area contributed by atoms with Crippen molar-refractivity contribution in [2.75, 3.05) is 25.1 Å². The molecule has 1 aromatic heterocycles. The van der Waals surface area contributed by atoms with Crippen LogP contribution in [0, 0.1) is 0 Å². The number of carboxylic acid groups (broad SMARTS) is 1. The number of oxime groups is 1. The fourth-order valence-electron chi connectivity index (χ4n) is 4.08. The highest BCUT2D eigenvalue weighted by atomic mass is 32.2. The van der Waals surface area contributed by atoms with E-state index in [0.29, 0.717) is 24.3 Å². The van der Waals surface area contributed by atoms with Crippen LogP contribution in [0.2, 0.25) is 0 Å². The number of nitrogens with one attached hydrogen (secondary N) is 1. The molecule has 5 heterocycles. The summed E-state index contributed by atoms with van der Waals surface area (Å²) < 4.78 is 0. The fourth-order valence-corrected chi connectivity index (χ4v) is 5.96. The molecule has 1 fully saturated rings. The molecule has 1 saturated heterocycles. The number of hydrazone groups is 1. The number of rotatable bonds is 7. The van der Waals surface area contributed by atoms with Gasteiger partial charge in [0, 0.05) is 42.7 Å². The molecular weight excluding hydrogens is 496 g/mol. The number of fused-ring (bicyclic) bond motifs is 2. The smallest absolute Gasteiger partial charge is 0.352 e. The van der Waals surface area contributed by atoms with Crippen LogP contribution in [0.1, 0.15) is 12.1 Å². The Morgan fingerprint density at radius 2 is 2.23 bits per heavy atom. The van der Waals surface area contributed by atoms with Gasteiger partial charge in [0.1, 0.15) is 35.7 Å². The van der Waals surface area contributed by atoms with Gasteiger partial charge >= 0.3 is 5.97 Å². The Balaban J connectivity index is 1.33. The number of hydrogen-bond acceptors (Lipinski definition) is 12. The van der Waals surface area contributed by atoms with E-state index < -0.39 is 29.2 Å². The number of nitrogens with zero attached hydrogens (tertiary/aromatic N) is 6. The van der Waals surface area contributed by atoms with Crippen molar-refractivity contribution in [3.8, 4) is 0 Å². The summed E-state index contributed by atoms with van der Waals surface area (Å²) in [6.45, 7) is 0.298. The predicted molar refractivity (Wildman–Crippen MR) is 129 cm³/mol. The molecule has 4 aliphatic rings. The standard InChI is InChI=1S/C20H20N8O5S2/c1-33-25-13(11-9-35-20(21)23-11)16(29)24-14-17(30)28-15(19(31)32)10(8-34-18(14)28)7-26-5-6-27-12(26)3-2-4-22-27/h3-6,9,14,18H,2,7-8H2,1H3,(H2,21,23)(H,24,29)(H,31,32)/t14-,18+/m1/s1. The minimum absolute atomic E-state index is 0.0610. The van der Waals surface area contributed by atoms with Crippen molar-refractivity contribution >= 4 is 57.9 Å². The Morgan fingerprint density at radius 1 is 1.40 bits per heavy atom. The van der Waals surface area contributed by atoms with Gasteiger partial charge in [-0.2, -0.15) is 5.10 Å². The van der Waals surface area contributed by atoms with E-state index in [9.17, 15) is 19.5 Å². The Morgan fingerprint density at radius 3 is 2.94 bits per heavy atom. The summed E-state index contributed by atoms with van der Waals surface area (Å²) in [6.07, 6.45) is 8.05. The van der Waals surface area contributed by atoms with Crippen molar-refractivity contribution in [1.29, 1.82) is 0 Å². The molecule has 4 N–H and O–H groups in total. The van der Waals surface area contributed by atoms with Gasteiger partial charge in [0.05, 0.1) is 0 Å². The van der Waals surface area contributed by atoms with Crippen molar-refractivity contribution in [2.24, 2.45) is 10.3 Å². The van der Waals surface area contributed by atoms with Gasteiger partial charge in [-0.15, -0.1) is 23.1 Å². The number of nitrogens with two attached hydrogens (primary N) is 1. The van der Waals surface area contributed by atoms with E-state index in [1.54, 1.807) is 22.8 Å². The molecule has 0 aliphatic carbocycles. The zero-order chi connectivity index (χ0) is 24.7. The minimum Gasteiger partial charge on any atom is -0.477 e. The van der Waals surface area contributed by atoms with Crippen LogP contribution in [0.25, 0.3) is 0 Å². The first kappa shape index (κ1) is 22.9. The predicted octanol–water partition coefficient (Wildman–Crippen LogP) is 0.134. The number of thiazole rings is 1. The second-order valence-corrected chi connectivity index (χ2v) is 9.67. The molecule has 35 heavy (non-hydrogen) atoms. The molecule has 2 atom stereocenters. The molecule has 13 nitrogen and oxygen atoms in total. The number of aliphatic carboxylic acids is 1. The fraction of sp³-hybridized carbons (Fsp3) is 0.300. The van der Waals surface area contributed by atoms with E-state index >= 15 is 0 Å². The highest BCUT2D eigenvalue weighted by molar-refractivity contribution is 8.00. The van der Waals surface area contributed by atoms with Gasteiger partial charge in [-0.05, 0) is 11.6 Å². The lowest BCUT2D eigenvalue weighted by Crippen LogP contribution is -2.71. The van der Waals surface area contributed by atoms with Gasteiger partial charge < -0.3 is 25.9 Å². The zero-order valence-electron chi connectivity index (χ0n) is 18.3. The summed E-state index contributed by atoms with van der Waals surface area (Å²) >= 11 is 2.52. The molecular formula is C20H20N8O5S2. The van der Waals surface area contributed by atoms with Crippen LogP contribution in [0.4, 0.5) is 5.13 Å². The van der Waals surface area contributed by atoms with Crippen LogP contribution in [0.3, 0.4) is 0 Å². The maximum Gasteiger partial charge on any atom is 0.352 e. The highest BCUT2D eigenvalue weighted by Crippen LogP contribution is 2.41. The van der Waals surface area contributed by atoms with E-state index in [-0.39, 0.29) is 22.2 Å². The maximum atomic E-state index is 13.0. The van der Waals surface area contributed by atoms with Crippen molar-refractivity contribution < 1.29 is 24.3 Å². The van der Waals surface area contributed by atoms with Gasteiger partial charge in [-0.1, -0.05) is 5.16 Å². The third kappa shape index (κ3) is 4.01. The van der Waals surface area contributed by atoms with Gasteiger partial charge in [-0.25, -0.2) is 14.8 Å². The number of amides is 2. The monoisotopic (exact) mass is 516 g/mol. The summed E-state index contributed by atoms with van der Waals surface area (Å²) in [5, 5.41) is 23.5. The number of hydrogen-bond donors (Lipinski definition) is 3. The molecule has 0 bridgehead atoms. The van der Waals surface area contributed by atoms with Gasteiger partial charge in [0.15, 0.2) is 10.8 Å². The highest BCUT2D eigenvalue weighted by Gasteiger charge is 2.54. The second kappa shape index (κ2) is 9.07. The summed E-state index contributed by atoms with van der Waals surface area (Å²) in [5.41, 5.74) is 6.27. The van der Waals surface area contributed by atoms with Crippen molar-refractivity contribution in [1.82, 2.24) is 25.1 Å². The van der Waals surface area contributed by atoms with E-state index in [4.69, 9.17) is 10.6 Å². The zero-order valence-corrected chi connectivity index (χ0v) is 20.0. The number of thioether (sulfide) groups is 1. The molecule has 15 heteroatoms. The normalized spacial score (nSPS) is 23.1. The molecule has 0 unspecified atom stereocenters. The summed E-state index contributed by atoms with van der Waals surface area (Å²) in [7, 11) is 1.28. The van der Waals surface area contributed by atoms with Crippen LogP contribution in [-0.2, 0) is 19.2 Å². The second-order valence-electron chi connectivity index (χ2n) is 7.68. The Kier molecular flexibility index (Phi) is 5.94. The third-order valence-electron chi connectivity index (χ3n) is 5.59. The number of anilines is 1. The average Bonchev–Trinajstić information content (AvgIpc) is 3.46. The van der Waals surface area contributed by atoms with Crippen LogP contribution in [0.15, 0.2) is 51.2 Å². The number of carboxylic acids is 1. The Labute approximate surface area is 207 Å². The minimum atomic E-state index is -1.20. The molecule has 0 radical (unpaired) electrons. The lowest BCUT2D eigenvalue weighted by Gasteiger charge is -2.49. The Hall–Kier alpha value is -3.85. The van der Waals surface area contributed by atoms with Gasteiger partial charge in [0.2, 0.25) is 0 Å². The number of carbonyl (C=O) groups excluding carboxylic acids is 2. The molecule has 5 rings (SSSR count). The number of β-lactam (4-membered cyclic amide) rings is 1. The van der Waals surface area contributed by atoms with E-state index in [1.165, 1.54) is 23.8 Å². The van der Waals surface area contributed by atoms with Crippen molar-refractivity contribution in [3.05, 3.63) is 46.6 Å². The molecule has 0 spiro atoms. The largest absolute Gasteiger partial charge is 0.477 e. The van der Waals surface area contributed by atoms with E-state index in [2.05, 4.69) is 20.6 Å². The summed E-state index contributed by atoms with van der Waals surface area (Å²) in [6, 6.07) is -0.918. The summed E-state index contributed by atoms with van der Waals surface area (Å²) in [4.78, 5) is 50.0. The first-order valence-electron chi connectivity index (χ1n) is 10.4. The topological polar surface area (TPSA) is 166 Å². The van der Waals surface area contributed by atoms with Gasteiger partial charge in [0.25, 0.3) is 11.8 Å². The van der Waals surface area contributed by atoms with Crippen LogP contribution in [0.5, 0.6) is 0 Å². The first-order chi connectivity index (χ1) is 16.9. The van der Waals surface area contributed by atoms with Crippen molar-refractivity contribution in [2.45, 2.75) is 17.8 Å². The molecule has 0 saturated carbocycles. The number of carbonyl (C=O) groups is 3.